The first-order valence-electron chi connectivity index (χ1n) is 3.26. The first-order chi connectivity index (χ1) is 4.88. The van der Waals surface area contributed by atoms with Gasteiger partial charge in [0.15, 0.2) is 0 Å². The van der Waals surface area contributed by atoms with Gasteiger partial charge in [0.25, 0.3) is 0 Å². The molecule has 50 valence electrons. The second kappa shape index (κ2) is 1.84. The van der Waals surface area contributed by atoms with Crippen molar-refractivity contribution in [2.24, 2.45) is 0 Å². The molecule has 0 saturated carbocycles. The van der Waals surface area contributed by atoms with E-state index in [9.17, 15) is 0 Å². The van der Waals surface area contributed by atoms with Crippen molar-refractivity contribution in [3.63, 3.8) is 0 Å². The second-order valence-electron chi connectivity index (χ2n) is 2.37. The Morgan fingerprint density at radius 2 is 2.30 bits per heavy atom. The molecule has 0 aliphatic heterocycles. The standard InChI is InChI=1S/C8H8N2/c1-6-2-4-9-8-7(6)3-5-10-8/h2-5H,1H3,(H,9,10). The molecule has 0 fully saturated rings. The quantitative estimate of drug-likeness (QED) is 0.582. The maximum Gasteiger partial charge on any atom is 0.137 e. The molecule has 0 saturated heterocycles. The lowest BCUT2D eigenvalue weighted by atomic mass is 10.2. The lowest BCUT2D eigenvalue weighted by Crippen LogP contribution is -1.77. The molecular formula is C8H8N2. The number of aromatic amines is 1. The smallest absolute Gasteiger partial charge is 0.137 e. The number of rotatable bonds is 0. The third kappa shape index (κ3) is 0.620. The molecule has 0 atom stereocenters. The van der Waals surface area contributed by atoms with Crippen LogP contribution < -0.4 is 0 Å². The Morgan fingerprint density at radius 1 is 1.40 bits per heavy atom. The van der Waals surface area contributed by atoms with Gasteiger partial charge in [0.1, 0.15) is 5.65 Å². The predicted octanol–water partition coefficient (Wildman–Crippen LogP) is 1.87. The van der Waals surface area contributed by atoms with E-state index in [2.05, 4.69) is 16.9 Å². The van der Waals surface area contributed by atoms with Gasteiger partial charge in [-0.05, 0) is 24.6 Å². The summed E-state index contributed by atoms with van der Waals surface area (Å²) in [7, 11) is 0. The molecule has 1 N–H and O–H groups in total. The molecular weight excluding hydrogens is 124 g/mol. The number of fused-ring (bicyclic) bond motifs is 1. The summed E-state index contributed by atoms with van der Waals surface area (Å²) in [6, 6.07) is 4.05. The SMILES string of the molecule is Cc1ccnc2[nH]ccc12. The maximum atomic E-state index is 4.15. The average Bonchev–Trinajstić information content (AvgIpc) is 2.36. The van der Waals surface area contributed by atoms with Crippen LogP contribution in [0.2, 0.25) is 0 Å². The minimum absolute atomic E-state index is 0.972. The molecule has 10 heavy (non-hydrogen) atoms. The van der Waals surface area contributed by atoms with Gasteiger partial charge in [-0.25, -0.2) is 4.98 Å². The molecule has 0 aliphatic carbocycles. The number of H-pyrrole nitrogens is 1. The minimum Gasteiger partial charge on any atom is -0.346 e. The summed E-state index contributed by atoms with van der Waals surface area (Å²) < 4.78 is 0. The fourth-order valence-corrected chi connectivity index (χ4v) is 1.10. The number of aromatic nitrogens is 2. The van der Waals surface area contributed by atoms with E-state index in [1.807, 2.05) is 24.5 Å². The molecule has 2 heterocycles. The van der Waals surface area contributed by atoms with E-state index >= 15 is 0 Å². The van der Waals surface area contributed by atoms with Crippen LogP contribution in [-0.2, 0) is 0 Å². The molecule has 2 aromatic heterocycles. The number of nitrogens with one attached hydrogen (secondary N) is 1. The van der Waals surface area contributed by atoms with Crippen LogP contribution in [0.4, 0.5) is 0 Å². The van der Waals surface area contributed by atoms with Crippen LogP contribution in [0.5, 0.6) is 0 Å². The van der Waals surface area contributed by atoms with Crippen LogP contribution in [0.25, 0.3) is 11.0 Å². The topological polar surface area (TPSA) is 28.7 Å². The molecule has 2 rings (SSSR count). The van der Waals surface area contributed by atoms with E-state index in [4.69, 9.17) is 0 Å². The summed E-state index contributed by atoms with van der Waals surface area (Å²) in [5, 5.41) is 1.21. The Kier molecular flexibility index (Phi) is 1.01. The molecule has 0 radical (unpaired) electrons. The third-order valence-corrected chi connectivity index (χ3v) is 1.68. The fourth-order valence-electron chi connectivity index (χ4n) is 1.10. The maximum absolute atomic E-state index is 4.15. The van der Waals surface area contributed by atoms with E-state index in [-0.39, 0.29) is 0 Å². The van der Waals surface area contributed by atoms with Crippen LogP contribution >= 0.6 is 0 Å². The van der Waals surface area contributed by atoms with Crippen molar-refractivity contribution in [1.29, 1.82) is 0 Å². The number of hydrogen-bond acceptors (Lipinski definition) is 1. The molecule has 2 heteroatoms. The van der Waals surface area contributed by atoms with Crippen molar-refractivity contribution in [1.82, 2.24) is 9.97 Å². The van der Waals surface area contributed by atoms with Crippen LogP contribution in [0.3, 0.4) is 0 Å². The van der Waals surface area contributed by atoms with Gasteiger partial charge >= 0.3 is 0 Å². The summed E-state index contributed by atoms with van der Waals surface area (Å²) >= 11 is 0. The number of hydrogen-bond donors (Lipinski definition) is 1. The second-order valence-corrected chi connectivity index (χ2v) is 2.37. The zero-order chi connectivity index (χ0) is 6.97. The van der Waals surface area contributed by atoms with Crippen LogP contribution in [0.1, 0.15) is 5.56 Å². The molecule has 0 amide bonds. The van der Waals surface area contributed by atoms with Gasteiger partial charge < -0.3 is 4.98 Å². The Labute approximate surface area is 58.9 Å². The first kappa shape index (κ1) is 5.47. The van der Waals surface area contributed by atoms with Gasteiger partial charge in [-0.3, -0.25) is 0 Å². The lowest BCUT2D eigenvalue weighted by Gasteiger charge is -1.91. The third-order valence-electron chi connectivity index (χ3n) is 1.68. The minimum atomic E-state index is 0.972. The van der Waals surface area contributed by atoms with Crippen molar-refractivity contribution >= 4 is 11.0 Å². The predicted molar refractivity (Wildman–Crippen MR) is 40.8 cm³/mol. The summed E-state index contributed by atoms with van der Waals surface area (Å²) in [5.41, 5.74) is 2.24. The van der Waals surface area contributed by atoms with E-state index in [0.29, 0.717) is 0 Å². The van der Waals surface area contributed by atoms with E-state index in [1.54, 1.807) is 0 Å². The van der Waals surface area contributed by atoms with Crippen molar-refractivity contribution in [3.05, 3.63) is 30.1 Å². The molecule has 2 aromatic rings. The van der Waals surface area contributed by atoms with Crippen molar-refractivity contribution in [2.45, 2.75) is 6.92 Å². The summed E-state index contributed by atoms with van der Waals surface area (Å²) in [4.78, 5) is 7.20. The molecule has 0 unspecified atom stereocenters. The Hall–Kier alpha value is -1.31. The van der Waals surface area contributed by atoms with E-state index < -0.39 is 0 Å². The molecule has 0 spiro atoms. The molecule has 0 bridgehead atoms. The van der Waals surface area contributed by atoms with E-state index in [1.165, 1.54) is 10.9 Å². The van der Waals surface area contributed by atoms with Gasteiger partial charge in [0, 0.05) is 17.8 Å². The highest BCUT2D eigenvalue weighted by molar-refractivity contribution is 5.78. The molecule has 2 nitrogen and oxygen atoms in total. The summed E-state index contributed by atoms with van der Waals surface area (Å²) in [6.07, 6.45) is 3.72. The largest absolute Gasteiger partial charge is 0.346 e. The monoisotopic (exact) mass is 132 g/mol. The zero-order valence-corrected chi connectivity index (χ0v) is 5.76. The average molecular weight is 132 g/mol. The normalized spacial score (nSPS) is 10.5. The number of nitrogens with zero attached hydrogens (tertiary/aromatic N) is 1. The van der Waals surface area contributed by atoms with Crippen LogP contribution in [-0.4, -0.2) is 9.97 Å². The van der Waals surface area contributed by atoms with Crippen molar-refractivity contribution < 1.29 is 0 Å². The van der Waals surface area contributed by atoms with Crippen LogP contribution in [0.15, 0.2) is 24.5 Å². The first-order valence-corrected chi connectivity index (χ1v) is 3.26. The Bertz CT molecular complexity index is 349. The van der Waals surface area contributed by atoms with Crippen molar-refractivity contribution in [2.75, 3.05) is 0 Å². The fraction of sp³-hybridized carbons (Fsp3) is 0.125. The number of aryl methyl sites for hydroxylation is 1. The van der Waals surface area contributed by atoms with Gasteiger partial charge in [-0.15, -0.1) is 0 Å². The zero-order valence-electron chi connectivity index (χ0n) is 5.76. The highest BCUT2D eigenvalue weighted by Gasteiger charge is 1.95. The Morgan fingerprint density at radius 3 is 3.10 bits per heavy atom. The lowest BCUT2D eigenvalue weighted by molar-refractivity contribution is 1.31. The van der Waals surface area contributed by atoms with E-state index in [0.717, 1.165) is 5.65 Å². The Balaban J connectivity index is 2.95. The van der Waals surface area contributed by atoms with Gasteiger partial charge in [0.2, 0.25) is 0 Å². The molecule has 0 aliphatic rings. The van der Waals surface area contributed by atoms with Gasteiger partial charge in [0.05, 0.1) is 0 Å². The van der Waals surface area contributed by atoms with Gasteiger partial charge in [-0.2, -0.15) is 0 Å². The molecule has 0 aromatic carbocycles. The highest BCUT2D eigenvalue weighted by atomic mass is 14.8. The summed E-state index contributed by atoms with van der Waals surface area (Å²) in [5.74, 6) is 0. The van der Waals surface area contributed by atoms with Crippen molar-refractivity contribution in [3.8, 4) is 0 Å². The summed E-state index contributed by atoms with van der Waals surface area (Å²) in [6.45, 7) is 2.08. The highest BCUT2D eigenvalue weighted by Crippen LogP contribution is 2.12. The van der Waals surface area contributed by atoms with Crippen LogP contribution in [0, 0.1) is 6.92 Å². The number of pyridine rings is 1. The van der Waals surface area contributed by atoms with Gasteiger partial charge in [-0.1, -0.05) is 0 Å².